The molecule has 44 heavy (non-hydrogen) atoms. The van der Waals surface area contributed by atoms with Gasteiger partial charge in [-0.25, -0.2) is 14.8 Å². The molecule has 0 unspecified atom stereocenters. The lowest BCUT2D eigenvalue weighted by atomic mass is 10.1. The van der Waals surface area contributed by atoms with Crippen molar-refractivity contribution < 1.29 is 41.8 Å². The number of carbonyl (C=O) groups excluding carboxylic acids is 3. The molecule has 1 aromatic heterocycles. The Hall–Kier alpha value is -5.20. The number of amides is 1. The van der Waals surface area contributed by atoms with E-state index in [1.807, 2.05) is 0 Å². The fourth-order valence-electron chi connectivity index (χ4n) is 4.20. The Labute approximate surface area is 250 Å². The number of esters is 2. The molecular weight excluding hydrogens is 581 g/mol. The van der Waals surface area contributed by atoms with Gasteiger partial charge in [0.1, 0.15) is 23.0 Å². The highest BCUT2D eigenvalue weighted by Crippen LogP contribution is 2.37. The molecule has 0 bridgehead atoms. The van der Waals surface area contributed by atoms with Crippen LogP contribution in [0.15, 0.2) is 66.7 Å². The number of alkyl halides is 3. The van der Waals surface area contributed by atoms with E-state index >= 15 is 0 Å². The third-order valence-electron chi connectivity index (χ3n) is 6.29. The standard InChI is InChI=1S/C31H29F3N4O6/c1-3-42-25(39)15-14-23(30(41)43-4-2)37-28(40)19-10-12-21(13-11-19)44-29-26(18-8-6-5-7-9-18)36-24-17-20(31(32,33)34)16-22(35)27(24)38-29/h5-13,16-17,23H,3-4,14-15,35H2,1-2H3,(H,37,40)/t23-/m0/s1. The Bertz CT molecular complexity index is 1650. The van der Waals surface area contributed by atoms with E-state index in [0.29, 0.717) is 5.56 Å². The van der Waals surface area contributed by atoms with Gasteiger partial charge in [0, 0.05) is 17.5 Å². The number of nitrogens with one attached hydrogen (secondary N) is 1. The summed E-state index contributed by atoms with van der Waals surface area (Å²) in [6.45, 7) is 3.56. The number of hydrogen-bond acceptors (Lipinski definition) is 9. The third kappa shape index (κ3) is 7.79. The first-order valence-corrected chi connectivity index (χ1v) is 13.6. The summed E-state index contributed by atoms with van der Waals surface area (Å²) in [5.41, 5.74) is 5.61. The first-order chi connectivity index (χ1) is 21.0. The minimum Gasteiger partial charge on any atom is -0.466 e. The van der Waals surface area contributed by atoms with E-state index < -0.39 is 35.6 Å². The van der Waals surface area contributed by atoms with Crippen molar-refractivity contribution in [1.82, 2.24) is 15.3 Å². The van der Waals surface area contributed by atoms with Crippen molar-refractivity contribution in [3.63, 3.8) is 0 Å². The monoisotopic (exact) mass is 610 g/mol. The largest absolute Gasteiger partial charge is 0.466 e. The fraction of sp³-hybridized carbons (Fsp3) is 0.258. The van der Waals surface area contributed by atoms with Gasteiger partial charge in [0.15, 0.2) is 0 Å². The van der Waals surface area contributed by atoms with Crippen LogP contribution in [0.25, 0.3) is 22.3 Å². The molecule has 0 aliphatic rings. The molecule has 1 heterocycles. The lowest BCUT2D eigenvalue weighted by molar-refractivity contribution is -0.147. The smallest absolute Gasteiger partial charge is 0.416 e. The van der Waals surface area contributed by atoms with Crippen molar-refractivity contribution >= 4 is 34.6 Å². The Morgan fingerprint density at radius 3 is 2.25 bits per heavy atom. The minimum absolute atomic E-state index is 0.0128. The quantitative estimate of drug-likeness (QED) is 0.162. The second kappa shape index (κ2) is 13.8. The predicted octanol–water partition coefficient (Wildman–Crippen LogP) is 5.69. The van der Waals surface area contributed by atoms with Gasteiger partial charge in [-0.3, -0.25) is 9.59 Å². The zero-order valence-electron chi connectivity index (χ0n) is 23.8. The van der Waals surface area contributed by atoms with Crippen LogP contribution in [0, 0.1) is 0 Å². The molecule has 4 rings (SSSR count). The molecule has 4 aromatic rings. The zero-order chi connectivity index (χ0) is 31.9. The highest BCUT2D eigenvalue weighted by molar-refractivity contribution is 5.97. The van der Waals surface area contributed by atoms with Gasteiger partial charge in [0.2, 0.25) is 5.88 Å². The molecule has 1 atom stereocenters. The number of benzene rings is 3. The number of rotatable bonds is 11. The van der Waals surface area contributed by atoms with Crippen LogP contribution in [0.3, 0.4) is 0 Å². The average molecular weight is 611 g/mol. The summed E-state index contributed by atoms with van der Waals surface area (Å²) < 4.78 is 56.2. The number of aromatic nitrogens is 2. The van der Waals surface area contributed by atoms with E-state index in [1.165, 1.54) is 24.3 Å². The molecular formula is C31H29F3N4O6. The van der Waals surface area contributed by atoms with Gasteiger partial charge in [0.25, 0.3) is 5.91 Å². The summed E-state index contributed by atoms with van der Waals surface area (Å²) in [6, 6.07) is 15.1. The molecule has 230 valence electrons. The van der Waals surface area contributed by atoms with E-state index in [9.17, 15) is 27.6 Å². The van der Waals surface area contributed by atoms with Crippen molar-refractivity contribution in [3.05, 3.63) is 77.9 Å². The molecule has 3 N–H and O–H groups in total. The van der Waals surface area contributed by atoms with Crippen LogP contribution in [-0.4, -0.2) is 47.1 Å². The number of anilines is 1. The molecule has 13 heteroatoms. The van der Waals surface area contributed by atoms with Crippen molar-refractivity contribution in [2.24, 2.45) is 0 Å². The molecule has 0 saturated heterocycles. The summed E-state index contributed by atoms with van der Waals surface area (Å²) in [6.07, 6.45) is -4.73. The Kier molecular flexibility index (Phi) is 9.99. The maximum atomic E-state index is 13.4. The lowest BCUT2D eigenvalue weighted by Gasteiger charge is -2.17. The number of hydrogen-bond donors (Lipinski definition) is 2. The fourth-order valence-corrected chi connectivity index (χ4v) is 4.20. The molecule has 0 spiro atoms. The third-order valence-corrected chi connectivity index (χ3v) is 6.29. The number of fused-ring (bicyclic) bond motifs is 1. The summed E-state index contributed by atoms with van der Waals surface area (Å²) >= 11 is 0. The van der Waals surface area contributed by atoms with Crippen LogP contribution in [0.5, 0.6) is 11.6 Å². The van der Waals surface area contributed by atoms with Crippen molar-refractivity contribution in [3.8, 4) is 22.9 Å². The van der Waals surface area contributed by atoms with Gasteiger partial charge in [0.05, 0.1) is 30.0 Å². The van der Waals surface area contributed by atoms with Gasteiger partial charge >= 0.3 is 18.1 Å². The summed E-state index contributed by atoms with van der Waals surface area (Å²) in [7, 11) is 0. The number of nitrogens with two attached hydrogens (primary N) is 1. The second-order valence-electron chi connectivity index (χ2n) is 9.42. The van der Waals surface area contributed by atoms with E-state index in [-0.39, 0.29) is 65.7 Å². The number of nitrogen functional groups attached to an aromatic ring is 1. The SMILES string of the molecule is CCOC(=O)CC[C@H](NC(=O)c1ccc(Oc2nc3c(N)cc(C(F)(F)F)cc3nc2-c2ccccc2)cc1)C(=O)OCC. The maximum Gasteiger partial charge on any atom is 0.416 e. The molecule has 0 aliphatic carbocycles. The van der Waals surface area contributed by atoms with Crippen molar-refractivity contribution in [1.29, 1.82) is 0 Å². The number of ether oxygens (including phenoxy) is 3. The van der Waals surface area contributed by atoms with Gasteiger partial charge in [-0.2, -0.15) is 13.2 Å². The first kappa shape index (κ1) is 31.7. The highest BCUT2D eigenvalue weighted by Gasteiger charge is 2.32. The van der Waals surface area contributed by atoms with Gasteiger partial charge in [-0.15, -0.1) is 0 Å². The molecule has 0 fully saturated rings. The summed E-state index contributed by atoms with van der Waals surface area (Å²) in [5.74, 6) is -1.57. The van der Waals surface area contributed by atoms with Crippen molar-refractivity contribution in [2.45, 2.75) is 38.9 Å². The zero-order valence-corrected chi connectivity index (χ0v) is 23.8. The van der Waals surface area contributed by atoms with Crippen LogP contribution >= 0.6 is 0 Å². The minimum atomic E-state index is -4.63. The first-order valence-electron chi connectivity index (χ1n) is 13.6. The van der Waals surface area contributed by atoms with Crippen LogP contribution in [0.1, 0.15) is 42.6 Å². The topological polar surface area (TPSA) is 143 Å². The van der Waals surface area contributed by atoms with E-state index in [1.54, 1.807) is 44.2 Å². The highest BCUT2D eigenvalue weighted by atomic mass is 19.4. The Morgan fingerprint density at radius 2 is 1.61 bits per heavy atom. The maximum absolute atomic E-state index is 13.4. The average Bonchev–Trinajstić information content (AvgIpc) is 2.99. The van der Waals surface area contributed by atoms with Crippen LogP contribution in [0.2, 0.25) is 0 Å². The molecule has 0 radical (unpaired) electrons. The summed E-state index contributed by atoms with van der Waals surface area (Å²) in [4.78, 5) is 45.9. The van der Waals surface area contributed by atoms with Crippen molar-refractivity contribution in [2.75, 3.05) is 18.9 Å². The lowest BCUT2D eigenvalue weighted by Crippen LogP contribution is -2.42. The van der Waals surface area contributed by atoms with E-state index in [0.717, 1.165) is 12.1 Å². The second-order valence-corrected chi connectivity index (χ2v) is 9.42. The van der Waals surface area contributed by atoms with Gasteiger partial charge in [-0.1, -0.05) is 30.3 Å². The number of carbonyl (C=O) groups is 3. The van der Waals surface area contributed by atoms with Crippen LogP contribution < -0.4 is 15.8 Å². The molecule has 1 amide bonds. The molecule has 0 saturated carbocycles. The Morgan fingerprint density at radius 1 is 0.932 bits per heavy atom. The molecule has 10 nitrogen and oxygen atoms in total. The van der Waals surface area contributed by atoms with E-state index in [2.05, 4.69) is 15.3 Å². The van der Waals surface area contributed by atoms with Crippen LogP contribution in [0.4, 0.5) is 18.9 Å². The van der Waals surface area contributed by atoms with E-state index in [4.69, 9.17) is 19.9 Å². The molecule has 3 aromatic carbocycles. The normalized spacial score (nSPS) is 11.9. The summed E-state index contributed by atoms with van der Waals surface area (Å²) in [5, 5.41) is 2.58. The van der Waals surface area contributed by atoms with Gasteiger partial charge < -0.3 is 25.3 Å². The number of nitrogens with zero attached hydrogens (tertiary/aromatic N) is 2. The molecule has 0 aliphatic heterocycles. The van der Waals surface area contributed by atoms with Gasteiger partial charge in [-0.05, 0) is 56.7 Å². The predicted molar refractivity (Wildman–Crippen MR) is 155 cm³/mol. The Balaban J connectivity index is 1.59. The number of halogens is 3. The van der Waals surface area contributed by atoms with Crippen LogP contribution in [-0.2, 0) is 25.2 Å².